The van der Waals surface area contributed by atoms with Gasteiger partial charge in [-0.15, -0.1) is 0 Å². The molecule has 26 heavy (non-hydrogen) atoms. The minimum atomic E-state index is -0.246. The molecule has 1 amide bonds. The van der Waals surface area contributed by atoms with Crippen molar-refractivity contribution in [2.45, 2.75) is 20.0 Å². The van der Waals surface area contributed by atoms with E-state index >= 15 is 0 Å². The Kier molecular flexibility index (Phi) is 5.80. The van der Waals surface area contributed by atoms with E-state index in [1.54, 1.807) is 17.1 Å². The molecule has 0 aliphatic rings. The number of hydrogen-bond donors (Lipinski definition) is 1. The fourth-order valence-electron chi connectivity index (χ4n) is 2.42. The van der Waals surface area contributed by atoms with E-state index in [1.807, 2.05) is 31.2 Å². The van der Waals surface area contributed by atoms with Crippen LogP contribution in [-0.2, 0) is 13.1 Å². The Labute approximate surface area is 156 Å². The highest BCUT2D eigenvalue weighted by molar-refractivity contribution is 6.32. The Morgan fingerprint density at radius 1 is 1.31 bits per heavy atom. The third-order valence-corrected chi connectivity index (χ3v) is 3.88. The van der Waals surface area contributed by atoms with Crippen LogP contribution in [0.5, 0.6) is 5.88 Å². The lowest BCUT2D eigenvalue weighted by molar-refractivity contribution is 0.0950. The number of hydrogen-bond acceptors (Lipinski definition) is 5. The molecular formula is C18H18ClN5O2. The third-order valence-electron chi connectivity index (χ3n) is 3.61. The van der Waals surface area contributed by atoms with Gasteiger partial charge in [0.1, 0.15) is 17.7 Å². The van der Waals surface area contributed by atoms with Crippen LogP contribution in [0.3, 0.4) is 0 Å². The van der Waals surface area contributed by atoms with Gasteiger partial charge in [0.05, 0.1) is 18.7 Å². The molecule has 0 saturated carbocycles. The summed E-state index contributed by atoms with van der Waals surface area (Å²) in [5, 5.41) is 7.27. The van der Waals surface area contributed by atoms with E-state index in [1.165, 1.54) is 12.5 Å². The summed E-state index contributed by atoms with van der Waals surface area (Å²) in [7, 11) is 0. The smallest absolute Gasteiger partial charge is 0.253 e. The number of rotatable bonds is 7. The normalized spacial score (nSPS) is 10.5. The first-order chi connectivity index (χ1) is 12.7. The maximum atomic E-state index is 12.3. The van der Waals surface area contributed by atoms with E-state index in [-0.39, 0.29) is 5.91 Å². The lowest BCUT2D eigenvalue weighted by Gasteiger charge is -2.09. The summed E-state index contributed by atoms with van der Waals surface area (Å²) in [4.78, 5) is 20.3. The molecule has 8 heteroatoms. The van der Waals surface area contributed by atoms with Crippen LogP contribution >= 0.6 is 11.6 Å². The van der Waals surface area contributed by atoms with Crippen LogP contribution in [0, 0.1) is 0 Å². The van der Waals surface area contributed by atoms with E-state index in [2.05, 4.69) is 20.4 Å². The van der Waals surface area contributed by atoms with Gasteiger partial charge in [-0.1, -0.05) is 35.9 Å². The summed E-state index contributed by atoms with van der Waals surface area (Å²) in [6.45, 7) is 3.33. The SMILES string of the molecule is CCOc1ncc(C(=O)NCc2cccc(Cn3cncn3)c2)cc1Cl. The number of nitrogens with zero attached hydrogens (tertiary/aromatic N) is 4. The van der Waals surface area contributed by atoms with Crippen LogP contribution in [0.1, 0.15) is 28.4 Å². The molecule has 0 unspecified atom stereocenters. The van der Waals surface area contributed by atoms with Gasteiger partial charge in [0.2, 0.25) is 5.88 Å². The van der Waals surface area contributed by atoms with Gasteiger partial charge in [-0.2, -0.15) is 5.10 Å². The fourth-order valence-corrected chi connectivity index (χ4v) is 2.64. The molecule has 0 aliphatic heterocycles. The van der Waals surface area contributed by atoms with Crippen molar-refractivity contribution in [1.29, 1.82) is 0 Å². The highest BCUT2D eigenvalue weighted by Gasteiger charge is 2.10. The van der Waals surface area contributed by atoms with E-state index < -0.39 is 0 Å². The molecule has 0 radical (unpaired) electrons. The number of ether oxygens (including phenoxy) is 1. The minimum Gasteiger partial charge on any atom is -0.477 e. The second kappa shape index (κ2) is 8.44. The number of benzene rings is 1. The molecule has 2 heterocycles. The zero-order chi connectivity index (χ0) is 18.4. The van der Waals surface area contributed by atoms with Crippen LogP contribution in [0.15, 0.2) is 49.2 Å². The standard InChI is InChI=1S/C18H18ClN5O2/c1-2-26-18-16(19)7-15(9-22-18)17(25)21-8-13-4-3-5-14(6-13)10-24-12-20-11-23-24/h3-7,9,11-12H,2,8,10H2,1H3,(H,21,25). The summed E-state index contributed by atoms with van der Waals surface area (Å²) in [5.41, 5.74) is 2.45. The van der Waals surface area contributed by atoms with E-state index in [4.69, 9.17) is 16.3 Å². The monoisotopic (exact) mass is 371 g/mol. The van der Waals surface area contributed by atoms with Crippen molar-refractivity contribution in [3.63, 3.8) is 0 Å². The Bertz CT molecular complexity index is 883. The van der Waals surface area contributed by atoms with Gasteiger partial charge in [-0.05, 0) is 24.1 Å². The molecule has 1 N–H and O–H groups in total. The number of aromatic nitrogens is 4. The first kappa shape index (κ1) is 17.9. The highest BCUT2D eigenvalue weighted by Crippen LogP contribution is 2.22. The van der Waals surface area contributed by atoms with Crippen molar-refractivity contribution in [3.05, 3.63) is 70.9 Å². The van der Waals surface area contributed by atoms with Crippen LogP contribution in [0.25, 0.3) is 0 Å². The maximum Gasteiger partial charge on any atom is 0.253 e. The van der Waals surface area contributed by atoms with Crippen molar-refractivity contribution in [3.8, 4) is 5.88 Å². The first-order valence-corrected chi connectivity index (χ1v) is 8.50. The van der Waals surface area contributed by atoms with Gasteiger partial charge in [-0.3, -0.25) is 4.79 Å². The summed E-state index contributed by atoms with van der Waals surface area (Å²) in [6.07, 6.45) is 4.62. The van der Waals surface area contributed by atoms with Crippen LogP contribution in [0.2, 0.25) is 5.02 Å². The van der Waals surface area contributed by atoms with Crippen molar-refractivity contribution >= 4 is 17.5 Å². The van der Waals surface area contributed by atoms with Crippen molar-refractivity contribution in [1.82, 2.24) is 25.1 Å². The Balaban J connectivity index is 1.61. The molecule has 0 saturated heterocycles. The number of nitrogens with one attached hydrogen (secondary N) is 1. The molecule has 0 spiro atoms. The third kappa shape index (κ3) is 4.58. The number of carbonyl (C=O) groups excluding carboxylic acids is 1. The Morgan fingerprint density at radius 2 is 2.15 bits per heavy atom. The number of pyridine rings is 1. The van der Waals surface area contributed by atoms with Gasteiger partial charge < -0.3 is 10.1 Å². The number of halogens is 1. The lowest BCUT2D eigenvalue weighted by atomic mass is 10.1. The molecule has 0 atom stereocenters. The van der Waals surface area contributed by atoms with Gasteiger partial charge in [0, 0.05) is 12.7 Å². The molecular weight excluding hydrogens is 354 g/mol. The highest BCUT2D eigenvalue weighted by atomic mass is 35.5. The van der Waals surface area contributed by atoms with E-state index in [9.17, 15) is 4.79 Å². The van der Waals surface area contributed by atoms with Crippen molar-refractivity contribution < 1.29 is 9.53 Å². The second-order valence-corrected chi connectivity index (χ2v) is 5.95. The van der Waals surface area contributed by atoms with Gasteiger partial charge in [-0.25, -0.2) is 14.6 Å². The molecule has 3 rings (SSSR count). The van der Waals surface area contributed by atoms with Crippen LogP contribution in [-0.4, -0.2) is 32.3 Å². The quantitative estimate of drug-likeness (QED) is 0.690. The fraction of sp³-hybridized carbons (Fsp3) is 0.222. The average Bonchev–Trinajstić information content (AvgIpc) is 3.15. The van der Waals surface area contributed by atoms with Crippen molar-refractivity contribution in [2.75, 3.05) is 6.61 Å². The Morgan fingerprint density at radius 3 is 2.88 bits per heavy atom. The number of amides is 1. The Hall–Kier alpha value is -2.93. The first-order valence-electron chi connectivity index (χ1n) is 8.12. The van der Waals surface area contributed by atoms with Gasteiger partial charge in [0.25, 0.3) is 5.91 Å². The van der Waals surface area contributed by atoms with E-state index in [0.29, 0.717) is 36.2 Å². The zero-order valence-electron chi connectivity index (χ0n) is 14.2. The predicted molar refractivity (Wildman–Crippen MR) is 97.2 cm³/mol. The van der Waals surface area contributed by atoms with Crippen molar-refractivity contribution in [2.24, 2.45) is 0 Å². The van der Waals surface area contributed by atoms with Crippen LogP contribution < -0.4 is 10.1 Å². The van der Waals surface area contributed by atoms with Gasteiger partial charge in [0.15, 0.2) is 0 Å². The van der Waals surface area contributed by atoms with Gasteiger partial charge >= 0.3 is 0 Å². The largest absolute Gasteiger partial charge is 0.477 e. The second-order valence-electron chi connectivity index (χ2n) is 5.54. The molecule has 3 aromatic rings. The number of carbonyl (C=O) groups is 1. The maximum absolute atomic E-state index is 12.3. The molecule has 134 valence electrons. The summed E-state index contributed by atoms with van der Waals surface area (Å²) >= 11 is 6.08. The summed E-state index contributed by atoms with van der Waals surface area (Å²) in [5.74, 6) is 0.0793. The molecule has 0 bridgehead atoms. The predicted octanol–water partition coefficient (Wildman–Crippen LogP) is 2.70. The summed E-state index contributed by atoms with van der Waals surface area (Å²) in [6, 6.07) is 9.47. The molecule has 0 aliphatic carbocycles. The molecule has 1 aromatic carbocycles. The minimum absolute atomic E-state index is 0.246. The lowest BCUT2D eigenvalue weighted by Crippen LogP contribution is -2.23. The summed E-state index contributed by atoms with van der Waals surface area (Å²) < 4.78 is 7.01. The van der Waals surface area contributed by atoms with E-state index in [0.717, 1.165) is 11.1 Å². The zero-order valence-corrected chi connectivity index (χ0v) is 15.0. The molecule has 2 aromatic heterocycles. The average molecular weight is 372 g/mol. The topological polar surface area (TPSA) is 81.9 Å². The van der Waals surface area contributed by atoms with Crippen LogP contribution in [0.4, 0.5) is 0 Å². The molecule has 7 nitrogen and oxygen atoms in total. The molecule has 0 fully saturated rings.